The minimum Gasteiger partial charge on any atom is -0.368 e. The number of anilines is 1. The summed E-state index contributed by atoms with van der Waals surface area (Å²) in [6, 6.07) is 15.1. The maximum atomic E-state index is 12.8. The van der Waals surface area contributed by atoms with Gasteiger partial charge in [-0.15, -0.1) is 0 Å². The highest BCUT2D eigenvalue weighted by molar-refractivity contribution is 9.10. The summed E-state index contributed by atoms with van der Waals surface area (Å²) in [7, 11) is 0. The SMILES string of the molecule is NC(=O)C1CCCN1Cc1ccccc1NC(=O)c1cc2ccc(Br)cc2[nH]1. The molecule has 0 bridgehead atoms. The van der Waals surface area contributed by atoms with E-state index in [-0.39, 0.29) is 17.9 Å². The second kappa shape index (κ2) is 7.77. The number of para-hydroxylation sites is 1. The highest BCUT2D eigenvalue weighted by Crippen LogP contribution is 2.25. The molecule has 28 heavy (non-hydrogen) atoms. The molecule has 1 atom stereocenters. The zero-order valence-corrected chi connectivity index (χ0v) is 16.8. The van der Waals surface area contributed by atoms with Gasteiger partial charge >= 0.3 is 0 Å². The Bertz CT molecular complexity index is 1050. The number of nitrogens with two attached hydrogens (primary N) is 1. The van der Waals surface area contributed by atoms with Gasteiger partial charge < -0.3 is 16.0 Å². The average Bonchev–Trinajstić information content (AvgIpc) is 3.29. The van der Waals surface area contributed by atoms with Gasteiger partial charge in [0.05, 0.1) is 6.04 Å². The number of nitrogens with one attached hydrogen (secondary N) is 2. The van der Waals surface area contributed by atoms with Gasteiger partial charge in [-0.05, 0) is 49.2 Å². The van der Waals surface area contributed by atoms with E-state index in [4.69, 9.17) is 5.73 Å². The second-order valence-corrected chi connectivity index (χ2v) is 7.97. The highest BCUT2D eigenvalue weighted by atomic mass is 79.9. The molecular formula is C21H21BrN4O2. The van der Waals surface area contributed by atoms with E-state index < -0.39 is 0 Å². The molecule has 0 radical (unpaired) electrons. The number of amides is 2. The lowest BCUT2D eigenvalue weighted by Crippen LogP contribution is -2.39. The third kappa shape index (κ3) is 3.81. The van der Waals surface area contributed by atoms with Gasteiger partial charge in [0.2, 0.25) is 5.91 Å². The fourth-order valence-electron chi connectivity index (χ4n) is 3.75. The quantitative estimate of drug-likeness (QED) is 0.565. The standard InChI is InChI=1S/C21H21BrN4O2/c22-15-8-7-13-10-18(24-17(13)11-15)21(28)25-16-5-2-1-4-14(16)12-26-9-3-6-19(26)20(23)27/h1-2,4-5,7-8,10-11,19,24H,3,6,9,12H2,(H2,23,27)(H,25,28). The summed E-state index contributed by atoms with van der Waals surface area (Å²) in [4.78, 5) is 29.7. The van der Waals surface area contributed by atoms with Gasteiger partial charge in [0.25, 0.3) is 5.91 Å². The lowest BCUT2D eigenvalue weighted by molar-refractivity contribution is -0.122. The molecule has 4 N–H and O–H groups in total. The smallest absolute Gasteiger partial charge is 0.272 e. The van der Waals surface area contributed by atoms with Crippen LogP contribution >= 0.6 is 15.9 Å². The molecule has 1 fully saturated rings. The molecule has 144 valence electrons. The fraction of sp³-hybridized carbons (Fsp3) is 0.238. The monoisotopic (exact) mass is 440 g/mol. The Balaban J connectivity index is 1.54. The molecule has 2 heterocycles. The summed E-state index contributed by atoms with van der Waals surface area (Å²) in [5.74, 6) is -0.490. The number of carbonyl (C=O) groups excluding carboxylic acids is 2. The van der Waals surface area contributed by atoms with Crippen LogP contribution in [0.2, 0.25) is 0 Å². The van der Waals surface area contributed by atoms with Crippen molar-refractivity contribution in [2.75, 3.05) is 11.9 Å². The van der Waals surface area contributed by atoms with Crippen molar-refractivity contribution < 1.29 is 9.59 Å². The van der Waals surface area contributed by atoms with E-state index in [9.17, 15) is 9.59 Å². The number of H-pyrrole nitrogens is 1. The van der Waals surface area contributed by atoms with Crippen LogP contribution in [0.1, 0.15) is 28.9 Å². The predicted octanol–water partition coefficient (Wildman–Crippen LogP) is 3.63. The van der Waals surface area contributed by atoms with Crippen LogP contribution in [-0.2, 0) is 11.3 Å². The third-order valence-corrected chi connectivity index (χ3v) is 5.65. The number of primary amides is 1. The molecule has 1 aliphatic heterocycles. The Morgan fingerprint density at radius 3 is 2.86 bits per heavy atom. The normalized spacial score (nSPS) is 17.1. The molecule has 1 unspecified atom stereocenters. The van der Waals surface area contributed by atoms with E-state index in [2.05, 4.69) is 31.1 Å². The van der Waals surface area contributed by atoms with Crippen molar-refractivity contribution in [1.82, 2.24) is 9.88 Å². The summed E-state index contributed by atoms with van der Waals surface area (Å²) in [6.07, 6.45) is 1.74. The molecule has 0 saturated carbocycles. The van der Waals surface area contributed by atoms with Gasteiger partial charge in [0, 0.05) is 27.6 Å². The van der Waals surface area contributed by atoms with Gasteiger partial charge in [0.1, 0.15) is 5.69 Å². The molecule has 1 saturated heterocycles. The summed E-state index contributed by atoms with van der Waals surface area (Å²) < 4.78 is 0.953. The van der Waals surface area contributed by atoms with E-state index in [0.29, 0.717) is 12.2 Å². The molecule has 1 aliphatic rings. The maximum Gasteiger partial charge on any atom is 0.272 e. The van der Waals surface area contributed by atoms with Crippen LogP contribution in [-0.4, -0.2) is 34.3 Å². The molecule has 2 aromatic carbocycles. The number of hydrogen-bond donors (Lipinski definition) is 3. The van der Waals surface area contributed by atoms with Gasteiger partial charge in [-0.3, -0.25) is 14.5 Å². The molecule has 6 nitrogen and oxygen atoms in total. The number of halogens is 1. The van der Waals surface area contributed by atoms with Crippen molar-refractivity contribution >= 4 is 44.3 Å². The van der Waals surface area contributed by atoms with Gasteiger partial charge in [-0.25, -0.2) is 0 Å². The van der Waals surface area contributed by atoms with Gasteiger partial charge in [-0.2, -0.15) is 0 Å². The number of rotatable bonds is 5. The number of aromatic amines is 1. The molecule has 4 rings (SSSR count). The van der Waals surface area contributed by atoms with E-state index in [1.807, 2.05) is 48.5 Å². The number of likely N-dealkylation sites (tertiary alicyclic amines) is 1. The highest BCUT2D eigenvalue weighted by Gasteiger charge is 2.29. The number of fused-ring (bicyclic) bond motifs is 1. The number of aromatic nitrogens is 1. The van der Waals surface area contributed by atoms with E-state index in [1.165, 1.54) is 0 Å². The minimum absolute atomic E-state index is 0.201. The lowest BCUT2D eigenvalue weighted by Gasteiger charge is -2.23. The molecule has 1 aromatic heterocycles. The molecule has 0 aliphatic carbocycles. The summed E-state index contributed by atoms with van der Waals surface area (Å²) >= 11 is 3.44. The third-order valence-electron chi connectivity index (χ3n) is 5.16. The predicted molar refractivity (Wildman–Crippen MR) is 113 cm³/mol. The van der Waals surface area contributed by atoms with Crippen LogP contribution in [0.25, 0.3) is 10.9 Å². The molecule has 3 aromatic rings. The second-order valence-electron chi connectivity index (χ2n) is 7.06. The fourth-order valence-corrected chi connectivity index (χ4v) is 4.11. The van der Waals surface area contributed by atoms with E-state index >= 15 is 0 Å². The summed E-state index contributed by atoms with van der Waals surface area (Å²) in [5, 5.41) is 3.97. The number of hydrogen-bond acceptors (Lipinski definition) is 3. The molecule has 2 amide bonds. The molecule has 0 spiro atoms. The first kappa shape index (κ1) is 18.7. The lowest BCUT2D eigenvalue weighted by atomic mass is 10.1. The average molecular weight is 441 g/mol. The van der Waals surface area contributed by atoms with Gasteiger partial charge in [-0.1, -0.05) is 40.2 Å². The van der Waals surface area contributed by atoms with Crippen molar-refractivity contribution in [3.05, 3.63) is 64.3 Å². The van der Waals surface area contributed by atoms with Crippen LogP contribution < -0.4 is 11.1 Å². The zero-order chi connectivity index (χ0) is 19.7. The minimum atomic E-state index is -0.289. The van der Waals surface area contributed by atoms with Crippen molar-refractivity contribution in [3.63, 3.8) is 0 Å². The van der Waals surface area contributed by atoms with Crippen LogP contribution in [0.4, 0.5) is 5.69 Å². The largest absolute Gasteiger partial charge is 0.368 e. The first-order valence-electron chi connectivity index (χ1n) is 9.22. The summed E-state index contributed by atoms with van der Waals surface area (Å²) in [6.45, 7) is 1.40. The van der Waals surface area contributed by atoms with E-state index in [1.54, 1.807) is 0 Å². The van der Waals surface area contributed by atoms with Gasteiger partial charge in [0.15, 0.2) is 0 Å². The first-order chi connectivity index (χ1) is 13.5. The Hall–Kier alpha value is -2.64. The Kier molecular flexibility index (Phi) is 5.19. The van der Waals surface area contributed by atoms with Crippen LogP contribution in [0.5, 0.6) is 0 Å². The first-order valence-corrected chi connectivity index (χ1v) is 10.0. The number of benzene rings is 2. The molecule has 7 heteroatoms. The zero-order valence-electron chi connectivity index (χ0n) is 15.2. The number of carbonyl (C=O) groups is 2. The van der Waals surface area contributed by atoms with Crippen molar-refractivity contribution in [2.24, 2.45) is 5.73 Å². The maximum absolute atomic E-state index is 12.8. The van der Waals surface area contributed by atoms with Crippen LogP contribution in [0, 0.1) is 0 Å². The van der Waals surface area contributed by atoms with Crippen molar-refractivity contribution in [3.8, 4) is 0 Å². The van der Waals surface area contributed by atoms with Crippen LogP contribution in [0.3, 0.4) is 0 Å². The Morgan fingerprint density at radius 2 is 2.04 bits per heavy atom. The van der Waals surface area contributed by atoms with Crippen molar-refractivity contribution in [2.45, 2.75) is 25.4 Å². The topological polar surface area (TPSA) is 91.2 Å². The van der Waals surface area contributed by atoms with Crippen LogP contribution in [0.15, 0.2) is 53.0 Å². The Labute approximate surface area is 171 Å². The number of nitrogens with zero attached hydrogens (tertiary/aromatic N) is 1. The Morgan fingerprint density at radius 1 is 1.21 bits per heavy atom. The molecular weight excluding hydrogens is 420 g/mol. The van der Waals surface area contributed by atoms with E-state index in [0.717, 1.165) is 46.0 Å². The van der Waals surface area contributed by atoms with Crippen molar-refractivity contribution in [1.29, 1.82) is 0 Å². The summed E-state index contributed by atoms with van der Waals surface area (Å²) in [5.41, 5.74) is 8.62.